The third-order valence-electron chi connectivity index (χ3n) is 6.69. The van der Waals surface area contributed by atoms with Crippen molar-refractivity contribution in [1.82, 2.24) is 14.9 Å². The highest BCUT2D eigenvalue weighted by atomic mass is 32.2. The fraction of sp³-hybridized carbons (Fsp3) is 0.444. The van der Waals surface area contributed by atoms with Crippen LogP contribution in [0.25, 0.3) is 10.9 Å². The van der Waals surface area contributed by atoms with E-state index in [4.69, 9.17) is 14.5 Å². The van der Waals surface area contributed by atoms with Gasteiger partial charge in [0.05, 0.1) is 30.9 Å². The smallest absolute Gasteiger partial charge is 0.262 e. The fourth-order valence-electron chi connectivity index (χ4n) is 4.64. The summed E-state index contributed by atoms with van der Waals surface area (Å²) in [4.78, 5) is 30.8. The van der Waals surface area contributed by atoms with E-state index in [2.05, 4.69) is 12.2 Å². The summed E-state index contributed by atoms with van der Waals surface area (Å²) < 4.78 is 12.4. The molecule has 8 heteroatoms. The van der Waals surface area contributed by atoms with Gasteiger partial charge in [-0.05, 0) is 55.0 Å². The molecule has 1 fully saturated rings. The van der Waals surface area contributed by atoms with Gasteiger partial charge in [0.1, 0.15) is 0 Å². The van der Waals surface area contributed by atoms with Crippen molar-refractivity contribution in [3.05, 3.63) is 58.4 Å². The molecule has 0 unspecified atom stereocenters. The van der Waals surface area contributed by atoms with Crippen molar-refractivity contribution in [3.63, 3.8) is 0 Å². The van der Waals surface area contributed by atoms with E-state index in [9.17, 15) is 9.59 Å². The summed E-state index contributed by atoms with van der Waals surface area (Å²) >= 11 is 1.32. The molecule has 1 aliphatic carbocycles. The molecule has 2 atom stereocenters. The number of carbonyl (C=O) groups is 1. The third kappa shape index (κ3) is 5.99. The van der Waals surface area contributed by atoms with Gasteiger partial charge in [-0.1, -0.05) is 49.7 Å². The number of para-hydroxylation sites is 1. The van der Waals surface area contributed by atoms with Crippen LogP contribution >= 0.6 is 11.8 Å². The molecule has 0 saturated heterocycles. The lowest BCUT2D eigenvalue weighted by Gasteiger charge is -2.29. The highest BCUT2D eigenvalue weighted by Gasteiger charge is 2.23. The van der Waals surface area contributed by atoms with Gasteiger partial charge in [-0.15, -0.1) is 0 Å². The van der Waals surface area contributed by atoms with Crippen molar-refractivity contribution in [2.75, 3.05) is 20.0 Å². The number of aryl methyl sites for hydroxylation is 1. The Kier molecular flexibility index (Phi) is 8.33. The average Bonchev–Trinajstić information content (AvgIpc) is 2.88. The SMILES string of the molecule is COc1ccc(CCn2c(SCC(=O)N[C@@H]3CCCC[C@@H]3C)nc3ccccc3c2=O)cc1OC. The van der Waals surface area contributed by atoms with Gasteiger partial charge in [0.2, 0.25) is 5.91 Å². The van der Waals surface area contributed by atoms with Crippen LogP contribution in [0.5, 0.6) is 11.5 Å². The number of amides is 1. The second-order valence-corrected chi connectivity index (χ2v) is 9.97. The van der Waals surface area contributed by atoms with Gasteiger partial charge < -0.3 is 14.8 Å². The maximum Gasteiger partial charge on any atom is 0.262 e. The second-order valence-electron chi connectivity index (χ2n) is 9.03. The third-order valence-corrected chi connectivity index (χ3v) is 7.67. The molecule has 35 heavy (non-hydrogen) atoms. The molecule has 1 heterocycles. The topological polar surface area (TPSA) is 82.5 Å². The van der Waals surface area contributed by atoms with Crippen molar-refractivity contribution in [3.8, 4) is 11.5 Å². The molecule has 4 rings (SSSR count). The summed E-state index contributed by atoms with van der Waals surface area (Å²) in [6.45, 7) is 2.64. The van der Waals surface area contributed by atoms with Crippen LogP contribution in [0.15, 0.2) is 52.4 Å². The summed E-state index contributed by atoms with van der Waals surface area (Å²) in [5, 5.41) is 4.32. The Morgan fingerprint density at radius 1 is 1.11 bits per heavy atom. The minimum Gasteiger partial charge on any atom is -0.493 e. The summed E-state index contributed by atoms with van der Waals surface area (Å²) in [5.41, 5.74) is 1.56. The number of fused-ring (bicyclic) bond motifs is 1. The Labute approximate surface area is 210 Å². The van der Waals surface area contributed by atoms with Crippen LogP contribution in [0.2, 0.25) is 0 Å². The van der Waals surface area contributed by atoms with Crippen LogP contribution in [0, 0.1) is 5.92 Å². The Morgan fingerprint density at radius 3 is 2.66 bits per heavy atom. The highest BCUT2D eigenvalue weighted by Crippen LogP contribution is 2.28. The van der Waals surface area contributed by atoms with E-state index in [1.54, 1.807) is 24.9 Å². The van der Waals surface area contributed by atoms with E-state index in [0.29, 0.717) is 46.4 Å². The molecule has 186 valence electrons. The molecular weight excluding hydrogens is 462 g/mol. The van der Waals surface area contributed by atoms with E-state index in [-0.39, 0.29) is 23.3 Å². The van der Waals surface area contributed by atoms with Crippen LogP contribution in [0.3, 0.4) is 0 Å². The van der Waals surface area contributed by atoms with Crippen LogP contribution < -0.4 is 20.3 Å². The quantitative estimate of drug-likeness (QED) is 0.349. The molecule has 2 aromatic carbocycles. The lowest BCUT2D eigenvalue weighted by molar-refractivity contribution is -0.119. The van der Waals surface area contributed by atoms with Gasteiger partial charge in [0.15, 0.2) is 16.7 Å². The molecule has 1 aliphatic rings. The van der Waals surface area contributed by atoms with Crippen molar-refractivity contribution in [1.29, 1.82) is 0 Å². The number of methoxy groups -OCH3 is 2. The van der Waals surface area contributed by atoms with Crippen molar-refractivity contribution in [2.45, 2.75) is 56.8 Å². The molecule has 0 bridgehead atoms. The Morgan fingerprint density at radius 2 is 1.89 bits per heavy atom. The highest BCUT2D eigenvalue weighted by molar-refractivity contribution is 7.99. The predicted octanol–water partition coefficient (Wildman–Crippen LogP) is 4.44. The van der Waals surface area contributed by atoms with E-state index >= 15 is 0 Å². The first-order valence-corrected chi connectivity index (χ1v) is 13.1. The van der Waals surface area contributed by atoms with E-state index in [0.717, 1.165) is 24.8 Å². The van der Waals surface area contributed by atoms with Gasteiger partial charge in [0, 0.05) is 12.6 Å². The second kappa shape index (κ2) is 11.6. The lowest BCUT2D eigenvalue weighted by atomic mass is 9.86. The first-order chi connectivity index (χ1) is 17.0. The van der Waals surface area contributed by atoms with Crippen LogP contribution in [0.4, 0.5) is 0 Å². The van der Waals surface area contributed by atoms with E-state index in [1.165, 1.54) is 18.2 Å². The summed E-state index contributed by atoms with van der Waals surface area (Å²) in [6, 6.07) is 13.3. The van der Waals surface area contributed by atoms with Gasteiger partial charge in [0.25, 0.3) is 5.56 Å². The Balaban J connectivity index is 1.53. The van der Waals surface area contributed by atoms with E-state index < -0.39 is 0 Å². The predicted molar refractivity (Wildman–Crippen MR) is 140 cm³/mol. The molecule has 1 aromatic heterocycles. The van der Waals surface area contributed by atoms with Gasteiger partial charge in [-0.2, -0.15) is 0 Å². The maximum atomic E-state index is 13.4. The standard InChI is InChI=1S/C27H33N3O4S/c1-18-8-4-6-10-21(18)28-25(31)17-35-27-29-22-11-7-5-9-20(22)26(32)30(27)15-14-19-12-13-23(33-2)24(16-19)34-3/h5,7,9,11-13,16,18,21H,4,6,8,10,14-15,17H2,1-3H3,(H,28,31)/t18-,21+/m0/s1. The van der Waals surface area contributed by atoms with Crippen molar-refractivity contribution >= 4 is 28.6 Å². The fourth-order valence-corrected chi connectivity index (χ4v) is 5.48. The Bertz CT molecular complexity index is 1240. The maximum absolute atomic E-state index is 13.4. The van der Waals surface area contributed by atoms with Crippen LogP contribution in [-0.2, 0) is 17.8 Å². The van der Waals surface area contributed by atoms with Crippen LogP contribution in [0.1, 0.15) is 38.2 Å². The normalized spacial score (nSPS) is 17.8. The molecule has 7 nitrogen and oxygen atoms in total. The summed E-state index contributed by atoms with van der Waals surface area (Å²) in [5.74, 6) is 2.02. The first kappa shape index (κ1) is 25.1. The summed E-state index contributed by atoms with van der Waals surface area (Å²) in [7, 11) is 3.21. The number of aromatic nitrogens is 2. The minimum atomic E-state index is -0.0973. The van der Waals surface area contributed by atoms with Gasteiger partial charge in [-0.25, -0.2) is 4.98 Å². The number of nitrogens with zero attached hydrogens (tertiary/aromatic N) is 2. The van der Waals surface area contributed by atoms with Gasteiger partial charge in [-0.3, -0.25) is 14.2 Å². The lowest BCUT2D eigenvalue weighted by Crippen LogP contribution is -2.42. The minimum absolute atomic E-state index is 0.0115. The largest absolute Gasteiger partial charge is 0.493 e. The number of nitrogens with one attached hydrogen (secondary N) is 1. The molecule has 1 N–H and O–H groups in total. The molecular formula is C27H33N3O4S. The monoisotopic (exact) mass is 495 g/mol. The number of hydrogen-bond acceptors (Lipinski definition) is 6. The molecule has 0 aliphatic heterocycles. The van der Waals surface area contributed by atoms with Crippen LogP contribution in [-0.4, -0.2) is 41.5 Å². The molecule has 0 radical (unpaired) electrons. The van der Waals surface area contributed by atoms with Gasteiger partial charge >= 0.3 is 0 Å². The molecule has 1 saturated carbocycles. The zero-order valence-corrected chi connectivity index (χ0v) is 21.4. The zero-order valence-electron chi connectivity index (χ0n) is 20.6. The number of thioether (sulfide) groups is 1. The average molecular weight is 496 g/mol. The van der Waals surface area contributed by atoms with Crippen molar-refractivity contribution < 1.29 is 14.3 Å². The number of benzene rings is 2. The molecule has 3 aromatic rings. The number of hydrogen-bond donors (Lipinski definition) is 1. The summed E-state index contributed by atoms with van der Waals surface area (Å²) in [6.07, 6.45) is 5.18. The molecule has 1 amide bonds. The number of rotatable bonds is 9. The first-order valence-electron chi connectivity index (χ1n) is 12.1. The number of ether oxygens (including phenoxy) is 2. The molecule has 0 spiro atoms. The Hall–Kier alpha value is -3.00. The zero-order chi connectivity index (χ0) is 24.8. The number of carbonyl (C=O) groups excluding carboxylic acids is 1. The van der Waals surface area contributed by atoms with E-state index in [1.807, 2.05) is 36.4 Å². The van der Waals surface area contributed by atoms with Crippen molar-refractivity contribution in [2.24, 2.45) is 5.92 Å².